The number of morpholine rings is 1. The van der Waals surface area contributed by atoms with Crippen molar-refractivity contribution in [1.29, 1.82) is 0 Å². The fourth-order valence-corrected chi connectivity index (χ4v) is 1.88. The predicted molar refractivity (Wildman–Crippen MR) is 62.2 cm³/mol. The van der Waals surface area contributed by atoms with Gasteiger partial charge in [0.15, 0.2) is 0 Å². The van der Waals surface area contributed by atoms with E-state index in [1.165, 1.54) is 0 Å². The van der Waals surface area contributed by atoms with Gasteiger partial charge in [-0.2, -0.15) is 0 Å². The lowest BCUT2D eigenvalue weighted by molar-refractivity contribution is -0.133. The molecule has 0 radical (unpaired) electrons. The van der Waals surface area contributed by atoms with E-state index in [1.54, 1.807) is 4.90 Å². The first-order valence-electron chi connectivity index (χ1n) is 6.26. The molecule has 7 nitrogen and oxygen atoms in total. The molecule has 3 rings (SSSR count). The van der Waals surface area contributed by atoms with E-state index in [2.05, 4.69) is 15.5 Å². The Morgan fingerprint density at radius 3 is 2.83 bits per heavy atom. The van der Waals surface area contributed by atoms with Crippen LogP contribution in [0.25, 0.3) is 0 Å². The summed E-state index contributed by atoms with van der Waals surface area (Å²) in [5.41, 5.74) is 0. The molecule has 0 atom stereocenters. The molecule has 1 amide bonds. The van der Waals surface area contributed by atoms with Gasteiger partial charge in [-0.15, -0.1) is 5.10 Å². The number of ether oxygens (including phenoxy) is 1. The minimum Gasteiger partial charge on any atom is -0.408 e. The van der Waals surface area contributed by atoms with Crippen LogP contribution in [0.4, 0.5) is 6.01 Å². The predicted octanol–water partition coefficient (Wildman–Crippen LogP) is 0.218. The van der Waals surface area contributed by atoms with Crippen LogP contribution in [-0.2, 0) is 9.53 Å². The Morgan fingerprint density at radius 2 is 2.11 bits per heavy atom. The summed E-state index contributed by atoms with van der Waals surface area (Å²) in [6.07, 6.45) is 2.24. The lowest BCUT2D eigenvalue weighted by atomic mass is 10.4. The monoisotopic (exact) mass is 252 g/mol. The largest absolute Gasteiger partial charge is 0.408 e. The van der Waals surface area contributed by atoms with Crippen molar-refractivity contribution in [2.45, 2.75) is 18.8 Å². The highest BCUT2D eigenvalue weighted by atomic mass is 16.5. The van der Waals surface area contributed by atoms with Crippen LogP contribution in [0.2, 0.25) is 0 Å². The van der Waals surface area contributed by atoms with Gasteiger partial charge in [0, 0.05) is 19.0 Å². The Morgan fingerprint density at radius 1 is 1.33 bits per heavy atom. The zero-order valence-corrected chi connectivity index (χ0v) is 10.1. The molecular formula is C11H16N4O3. The number of carbonyl (C=O) groups excluding carboxylic acids is 1. The minimum atomic E-state index is 0.0319. The van der Waals surface area contributed by atoms with E-state index in [4.69, 9.17) is 9.15 Å². The van der Waals surface area contributed by atoms with Crippen LogP contribution in [0.15, 0.2) is 4.42 Å². The molecule has 98 valence electrons. The average Bonchev–Trinajstić information content (AvgIpc) is 3.16. The molecule has 1 N–H and O–H groups in total. The molecule has 1 aromatic heterocycles. The van der Waals surface area contributed by atoms with Crippen molar-refractivity contribution >= 4 is 11.9 Å². The first kappa shape index (κ1) is 11.5. The molecule has 2 aliphatic rings. The molecule has 2 fully saturated rings. The minimum absolute atomic E-state index is 0.0319. The van der Waals surface area contributed by atoms with Gasteiger partial charge in [0.05, 0.1) is 19.8 Å². The van der Waals surface area contributed by atoms with Crippen LogP contribution in [0.1, 0.15) is 24.7 Å². The molecule has 1 aromatic rings. The van der Waals surface area contributed by atoms with Gasteiger partial charge in [0.2, 0.25) is 11.8 Å². The fourth-order valence-electron chi connectivity index (χ4n) is 1.88. The van der Waals surface area contributed by atoms with Gasteiger partial charge >= 0.3 is 6.01 Å². The Bertz CT molecular complexity index is 424. The van der Waals surface area contributed by atoms with Gasteiger partial charge in [-0.3, -0.25) is 4.79 Å². The number of anilines is 1. The van der Waals surface area contributed by atoms with Crippen LogP contribution >= 0.6 is 0 Å². The van der Waals surface area contributed by atoms with Crippen LogP contribution in [0, 0.1) is 0 Å². The average molecular weight is 252 g/mol. The highest BCUT2D eigenvalue weighted by molar-refractivity contribution is 5.80. The van der Waals surface area contributed by atoms with Crippen LogP contribution in [0.3, 0.4) is 0 Å². The standard InChI is InChI=1S/C11H16N4O3/c16-9(15-3-5-17-6-4-15)7-12-11-14-13-10(18-11)8-1-2-8/h8H,1-7H2,(H,12,14). The number of hydrogen-bond donors (Lipinski definition) is 1. The van der Waals surface area contributed by atoms with Crippen molar-refractivity contribution in [3.63, 3.8) is 0 Å². The van der Waals surface area contributed by atoms with E-state index in [0.717, 1.165) is 12.8 Å². The fraction of sp³-hybridized carbons (Fsp3) is 0.727. The number of amides is 1. The molecule has 1 saturated carbocycles. The van der Waals surface area contributed by atoms with E-state index >= 15 is 0 Å². The van der Waals surface area contributed by atoms with E-state index < -0.39 is 0 Å². The molecule has 1 aliphatic heterocycles. The molecular weight excluding hydrogens is 236 g/mol. The first-order valence-corrected chi connectivity index (χ1v) is 6.26. The number of carbonyl (C=O) groups is 1. The Labute approximate surface area is 104 Å². The highest BCUT2D eigenvalue weighted by Crippen LogP contribution is 2.39. The smallest absolute Gasteiger partial charge is 0.315 e. The number of hydrogen-bond acceptors (Lipinski definition) is 6. The number of rotatable bonds is 4. The van der Waals surface area contributed by atoms with E-state index in [1.807, 2.05) is 0 Å². The normalized spacial score (nSPS) is 19.9. The van der Waals surface area contributed by atoms with Crippen molar-refractivity contribution in [2.24, 2.45) is 0 Å². The first-order chi connectivity index (χ1) is 8.83. The molecule has 7 heteroatoms. The van der Waals surface area contributed by atoms with Gasteiger partial charge in [-0.05, 0) is 12.8 Å². The van der Waals surface area contributed by atoms with Gasteiger partial charge in [-0.25, -0.2) is 0 Å². The van der Waals surface area contributed by atoms with Crippen LogP contribution in [-0.4, -0.2) is 53.9 Å². The summed E-state index contributed by atoms with van der Waals surface area (Å²) in [7, 11) is 0. The number of aromatic nitrogens is 2. The van der Waals surface area contributed by atoms with Crippen molar-refractivity contribution < 1.29 is 13.9 Å². The summed E-state index contributed by atoms with van der Waals surface area (Å²) < 4.78 is 10.6. The highest BCUT2D eigenvalue weighted by Gasteiger charge is 2.29. The molecule has 1 aliphatic carbocycles. The van der Waals surface area contributed by atoms with E-state index in [9.17, 15) is 4.79 Å². The zero-order valence-electron chi connectivity index (χ0n) is 10.1. The van der Waals surface area contributed by atoms with Crippen LogP contribution < -0.4 is 5.32 Å². The summed E-state index contributed by atoms with van der Waals surface area (Å²) in [6.45, 7) is 2.71. The summed E-state index contributed by atoms with van der Waals surface area (Å²) in [4.78, 5) is 13.6. The quantitative estimate of drug-likeness (QED) is 0.825. The molecule has 1 saturated heterocycles. The maximum Gasteiger partial charge on any atom is 0.315 e. The number of nitrogens with zero attached hydrogens (tertiary/aromatic N) is 3. The van der Waals surface area contributed by atoms with E-state index in [0.29, 0.717) is 44.1 Å². The Kier molecular flexibility index (Phi) is 3.14. The summed E-state index contributed by atoms with van der Waals surface area (Å²) in [5, 5.41) is 10.7. The maximum absolute atomic E-state index is 11.8. The molecule has 0 aromatic carbocycles. The molecule has 0 spiro atoms. The second-order valence-electron chi connectivity index (χ2n) is 4.57. The van der Waals surface area contributed by atoms with Gasteiger partial charge < -0.3 is 19.4 Å². The van der Waals surface area contributed by atoms with Crippen LogP contribution in [0.5, 0.6) is 0 Å². The van der Waals surface area contributed by atoms with Crippen molar-refractivity contribution in [3.8, 4) is 0 Å². The second-order valence-corrected chi connectivity index (χ2v) is 4.57. The lowest BCUT2D eigenvalue weighted by Crippen LogP contribution is -2.43. The van der Waals surface area contributed by atoms with Gasteiger partial charge in [0.25, 0.3) is 0 Å². The SMILES string of the molecule is O=C(CNc1nnc(C2CC2)o1)N1CCOCC1. The summed E-state index contributed by atoms with van der Waals surface area (Å²) in [5.74, 6) is 1.14. The topological polar surface area (TPSA) is 80.5 Å². The molecule has 2 heterocycles. The molecule has 0 unspecified atom stereocenters. The van der Waals surface area contributed by atoms with Gasteiger partial charge in [0.1, 0.15) is 0 Å². The van der Waals surface area contributed by atoms with Crippen molar-refractivity contribution in [3.05, 3.63) is 5.89 Å². The zero-order chi connectivity index (χ0) is 12.4. The lowest BCUT2D eigenvalue weighted by Gasteiger charge is -2.26. The van der Waals surface area contributed by atoms with Crippen molar-refractivity contribution in [1.82, 2.24) is 15.1 Å². The third kappa shape index (κ3) is 2.61. The van der Waals surface area contributed by atoms with E-state index in [-0.39, 0.29) is 12.5 Å². The third-order valence-electron chi connectivity index (χ3n) is 3.12. The summed E-state index contributed by atoms with van der Waals surface area (Å²) in [6, 6.07) is 0.332. The Balaban J connectivity index is 1.48. The second kappa shape index (κ2) is 4.93. The van der Waals surface area contributed by atoms with Gasteiger partial charge in [-0.1, -0.05) is 5.10 Å². The molecule has 0 bridgehead atoms. The third-order valence-corrected chi connectivity index (χ3v) is 3.12. The maximum atomic E-state index is 11.8. The molecule has 18 heavy (non-hydrogen) atoms. The van der Waals surface area contributed by atoms with Crippen molar-refractivity contribution in [2.75, 3.05) is 38.2 Å². The Hall–Kier alpha value is -1.63. The number of nitrogens with one attached hydrogen (secondary N) is 1. The summed E-state index contributed by atoms with van der Waals surface area (Å²) >= 11 is 0.